The molecular weight excluding hydrogens is 499 g/mol. The molecule has 2 aliphatic rings. The number of aromatic nitrogens is 1. The van der Waals surface area contributed by atoms with Crippen molar-refractivity contribution in [3.63, 3.8) is 0 Å². The van der Waals surface area contributed by atoms with Crippen LogP contribution in [0.5, 0.6) is 0 Å². The molecule has 1 aromatic heterocycles. The number of carbonyl (C=O) groups excluding carboxylic acids is 1. The van der Waals surface area contributed by atoms with Crippen molar-refractivity contribution >= 4 is 38.2 Å². The third-order valence-electron chi connectivity index (χ3n) is 6.15. The van der Waals surface area contributed by atoms with E-state index >= 15 is 0 Å². The van der Waals surface area contributed by atoms with Crippen molar-refractivity contribution in [1.82, 2.24) is 4.98 Å². The van der Waals surface area contributed by atoms with E-state index in [0.29, 0.717) is 55.8 Å². The number of aliphatic carboxylic acids is 1. The van der Waals surface area contributed by atoms with Crippen LogP contribution in [0.3, 0.4) is 0 Å². The van der Waals surface area contributed by atoms with Crippen molar-refractivity contribution in [2.45, 2.75) is 67.3 Å². The fraction of sp³-hybridized carbons (Fsp3) is 0.522. The molecule has 1 aliphatic carbocycles. The van der Waals surface area contributed by atoms with Gasteiger partial charge >= 0.3 is 5.97 Å². The highest BCUT2D eigenvalue weighted by Crippen LogP contribution is 2.35. The molecule has 1 amide bonds. The van der Waals surface area contributed by atoms with Gasteiger partial charge < -0.3 is 14.6 Å². The third kappa shape index (κ3) is 5.55. The first-order valence-electron chi connectivity index (χ1n) is 11.3. The molecule has 35 heavy (non-hydrogen) atoms. The van der Waals surface area contributed by atoms with Crippen molar-refractivity contribution < 1.29 is 37.0 Å². The summed E-state index contributed by atoms with van der Waals surface area (Å²) in [6.07, 6.45) is 1.09. The quantitative estimate of drug-likeness (QED) is 0.508. The van der Waals surface area contributed by atoms with E-state index in [-0.39, 0.29) is 27.1 Å². The van der Waals surface area contributed by atoms with Crippen LogP contribution in [0.4, 0.5) is 9.52 Å². The summed E-state index contributed by atoms with van der Waals surface area (Å²) >= 11 is 0.534. The van der Waals surface area contributed by atoms with Crippen molar-refractivity contribution in [3.8, 4) is 0 Å². The maximum absolute atomic E-state index is 14.5. The van der Waals surface area contributed by atoms with Crippen LogP contribution in [0.15, 0.2) is 29.2 Å². The van der Waals surface area contributed by atoms with Gasteiger partial charge in [0, 0.05) is 13.2 Å². The lowest BCUT2D eigenvalue weighted by atomic mass is 9.90. The molecule has 2 aromatic rings. The second-order valence-corrected chi connectivity index (χ2v) is 12.4. The summed E-state index contributed by atoms with van der Waals surface area (Å²) in [4.78, 5) is 28.9. The first kappa shape index (κ1) is 25.7. The number of halogens is 1. The number of anilines is 1. The Morgan fingerprint density at radius 1 is 1.20 bits per heavy atom. The predicted molar refractivity (Wildman–Crippen MR) is 126 cm³/mol. The minimum atomic E-state index is -3.38. The second-order valence-electron chi connectivity index (χ2n) is 9.20. The molecule has 9 nitrogen and oxygen atoms in total. The van der Waals surface area contributed by atoms with E-state index in [0.717, 1.165) is 0 Å². The maximum Gasteiger partial charge on any atom is 0.315 e. The van der Waals surface area contributed by atoms with E-state index in [9.17, 15) is 27.5 Å². The van der Waals surface area contributed by atoms with Crippen LogP contribution in [0.2, 0.25) is 0 Å². The van der Waals surface area contributed by atoms with Crippen LogP contribution in [-0.4, -0.2) is 55.0 Å². The van der Waals surface area contributed by atoms with E-state index < -0.39 is 38.4 Å². The lowest BCUT2D eigenvalue weighted by Gasteiger charge is -2.27. The minimum absolute atomic E-state index is 0.0923. The average molecular weight is 527 g/mol. The standard InChI is InChI=1S/C23H27FN2O7S2/c1-23(2,21(28)29)18-19(24)34-22(25-18)26-20(27)17(33-14-9-11-32-12-10-14)13-3-5-15(6-4-13)35(30,31)16-7-8-16/h3-6,14,16-17H,7-12H2,1-2H3,(H,28,29)(H,25,26,27). The highest BCUT2D eigenvalue weighted by Gasteiger charge is 2.38. The summed E-state index contributed by atoms with van der Waals surface area (Å²) in [6.45, 7) is 3.63. The molecule has 1 aromatic carbocycles. The molecule has 190 valence electrons. The molecule has 2 heterocycles. The van der Waals surface area contributed by atoms with Crippen molar-refractivity contribution in [3.05, 3.63) is 40.7 Å². The van der Waals surface area contributed by atoms with Crippen molar-refractivity contribution in [2.24, 2.45) is 0 Å². The number of carboxylic acids is 1. The number of thiazole rings is 1. The number of ether oxygens (including phenoxy) is 2. The molecule has 1 atom stereocenters. The van der Waals surface area contributed by atoms with Gasteiger partial charge in [-0.15, -0.1) is 0 Å². The molecule has 0 bridgehead atoms. The van der Waals surface area contributed by atoms with E-state index in [2.05, 4.69) is 10.3 Å². The van der Waals surface area contributed by atoms with Crippen LogP contribution in [0.1, 0.15) is 56.9 Å². The van der Waals surface area contributed by atoms with Crippen LogP contribution in [0.25, 0.3) is 0 Å². The third-order valence-corrected chi connectivity index (χ3v) is 9.19. The van der Waals surface area contributed by atoms with Gasteiger partial charge in [-0.2, -0.15) is 4.39 Å². The Hall–Kier alpha value is -2.41. The summed E-state index contributed by atoms with van der Waals surface area (Å²) in [7, 11) is -3.38. The number of nitrogens with zero attached hydrogens (tertiary/aromatic N) is 1. The zero-order chi connectivity index (χ0) is 25.4. The molecule has 4 rings (SSSR count). The maximum atomic E-state index is 14.5. The van der Waals surface area contributed by atoms with Crippen molar-refractivity contribution in [1.29, 1.82) is 0 Å². The molecule has 1 saturated carbocycles. The highest BCUT2D eigenvalue weighted by molar-refractivity contribution is 7.92. The summed E-state index contributed by atoms with van der Waals surface area (Å²) in [5, 5.41) is 10.7. The SMILES string of the molecule is CC(C)(C(=O)O)c1nc(NC(=O)C(OC2CCOCC2)c2ccc(S(=O)(=O)C3CC3)cc2)sc1F. The summed E-state index contributed by atoms with van der Waals surface area (Å²) < 4.78 is 51.0. The van der Waals surface area contributed by atoms with Crippen LogP contribution in [-0.2, 0) is 34.3 Å². The Morgan fingerprint density at radius 3 is 2.40 bits per heavy atom. The predicted octanol–water partition coefficient (Wildman–Crippen LogP) is 3.46. The van der Waals surface area contributed by atoms with Crippen LogP contribution >= 0.6 is 11.3 Å². The molecule has 0 spiro atoms. The van der Waals surface area contributed by atoms with Gasteiger partial charge in [0.2, 0.25) is 5.13 Å². The van der Waals surface area contributed by atoms with E-state index in [1.807, 2.05) is 0 Å². The number of hydrogen-bond acceptors (Lipinski definition) is 8. The Balaban J connectivity index is 1.58. The second kappa shape index (κ2) is 9.92. The number of benzene rings is 1. The molecule has 2 fully saturated rings. The number of nitrogens with one attached hydrogen (secondary N) is 1. The molecule has 2 N–H and O–H groups in total. The van der Waals surface area contributed by atoms with Crippen LogP contribution < -0.4 is 5.32 Å². The zero-order valence-corrected chi connectivity index (χ0v) is 21.0. The Kier molecular flexibility index (Phi) is 7.28. The Morgan fingerprint density at radius 2 is 1.83 bits per heavy atom. The molecule has 0 radical (unpaired) electrons. The largest absolute Gasteiger partial charge is 0.481 e. The van der Waals surface area contributed by atoms with E-state index in [1.54, 1.807) is 12.1 Å². The van der Waals surface area contributed by atoms with Gasteiger partial charge in [-0.05, 0) is 57.2 Å². The minimum Gasteiger partial charge on any atom is -0.481 e. The topological polar surface area (TPSA) is 132 Å². The van der Waals surface area contributed by atoms with Crippen molar-refractivity contribution in [2.75, 3.05) is 18.5 Å². The van der Waals surface area contributed by atoms with Gasteiger partial charge in [0.1, 0.15) is 11.1 Å². The van der Waals surface area contributed by atoms with Gasteiger partial charge in [0.25, 0.3) is 5.91 Å². The number of sulfone groups is 1. The first-order valence-corrected chi connectivity index (χ1v) is 13.6. The highest BCUT2D eigenvalue weighted by atomic mass is 32.2. The smallest absolute Gasteiger partial charge is 0.315 e. The lowest BCUT2D eigenvalue weighted by molar-refractivity contribution is -0.142. The zero-order valence-electron chi connectivity index (χ0n) is 19.3. The number of rotatable bonds is 9. The summed E-state index contributed by atoms with van der Waals surface area (Å²) in [5.41, 5.74) is -1.42. The fourth-order valence-electron chi connectivity index (χ4n) is 3.71. The summed E-state index contributed by atoms with van der Waals surface area (Å²) in [6, 6.07) is 6.01. The lowest BCUT2D eigenvalue weighted by Crippen LogP contribution is -2.31. The fourth-order valence-corrected chi connectivity index (χ4v) is 6.22. The van der Waals surface area contributed by atoms with Crippen LogP contribution in [0, 0.1) is 5.13 Å². The average Bonchev–Trinajstić information content (AvgIpc) is 3.62. The monoisotopic (exact) mass is 526 g/mol. The molecule has 12 heteroatoms. The Labute approximate surface area is 206 Å². The summed E-state index contributed by atoms with van der Waals surface area (Å²) in [5.74, 6) is -1.87. The van der Waals surface area contributed by atoms with Gasteiger partial charge in [0.05, 0.1) is 16.2 Å². The molecular formula is C23H27FN2O7S2. The van der Waals surface area contributed by atoms with E-state index in [4.69, 9.17) is 9.47 Å². The number of carboxylic acid groups (broad SMARTS) is 1. The number of carbonyl (C=O) groups is 2. The molecule has 1 aliphatic heterocycles. The van der Waals surface area contributed by atoms with Gasteiger partial charge in [0.15, 0.2) is 21.1 Å². The molecule has 1 saturated heterocycles. The number of amides is 1. The normalized spacial score (nSPS) is 18.3. The van der Waals surface area contributed by atoms with E-state index in [1.165, 1.54) is 26.0 Å². The van der Waals surface area contributed by atoms with Gasteiger partial charge in [-0.25, -0.2) is 13.4 Å². The first-order chi connectivity index (χ1) is 16.5. The molecule has 1 unspecified atom stereocenters. The number of hydrogen-bond donors (Lipinski definition) is 2. The Bertz CT molecular complexity index is 1200. The van der Waals surface area contributed by atoms with Gasteiger partial charge in [-0.3, -0.25) is 14.9 Å². The van der Waals surface area contributed by atoms with Gasteiger partial charge in [-0.1, -0.05) is 23.5 Å².